The van der Waals surface area contributed by atoms with Gasteiger partial charge in [0, 0.05) is 30.5 Å². The van der Waals surface area contributed by atoms with E-state index in [1.54, 1.807) is 4.90 Å². The van der Waals surface area contributed by atoms with Crippen LogP contribution in [0.15, 0.2) is 84.9 Å². The third-order valence-corrected chi connectivity index (χ3v) is 9.22. The monoisotopic (exact) mass is 587 g/mol. The van der Waals surface area contributed by atoms with Gasteiger partial charge in [0.15, 0.2) is 0 Å². The minimum Gasteiger partial charge on any atom is -0.445 e. The highest BCUT2D eigenvalue weighted by Gasteiger charge is 2.30. The summed E-state index contributed by atoms with van der Waals surface area (Å²) in [6, 6.07) is 27.3. The van der Waals surface area contributed by atoms with Gasteiger partial charge >= 0.3 is 6.09 Å². The molecule has 220 valence electrons. The van der Waals surface area contributed by atoms with E-state index in [1.807, 2.05) is 84.3 Å². The van der Waals surface area contributed by atoms with E-state index in [2.05, 4.69) is 16.9 Å². The van der Waals surface area contributed by atoms with Gasteiger partial charge in [0.1, 0.15) is 12.3 Å². The van der Waals surface area contributed by atoms with Crippen molar-refractivity contribution < 1.29 is 22.7 Å². The lowest BCUT2D eigenvalue weighted by Gasteiger charge is -2.31. The molecule has 4 aromatic rings. The van der Waals surface area contributed by atoms with Gasteiger partial charge < -0.3 is 14.2 Å². The van der Waals surface area contributed by atoms with Crippen molar-refractivity contribution in [2.75, 3.05) is 18.8 Å². The van der Waals surface area contributed by atoms with E-state index in [9.17, 15) is 18.0 Å². The molecule has 8 nitrogen and oxygen atoms in total. The number of hydrogen-bond donors (Lipinski definition) is 1. The fourth-order valence-electron chi connectivity index (χ4n) is 5.81. The summed E-state index contributed by atoms with van der Waals surface area (Å²) in [5.74, 6) is -1.17. The van der Waals surface area contributed by atoms with Crippen LogP contribution >= 0.6 is 0 Å². The summed E-state index contributed by atoms with van der Waals surface area (Å²) in [6.45, 7) is 3.38. The van der Waals surface area contributed by atoms with Gasteiger partial charge in [-0.25, -0.2) is 17.9 Å². The lowest BCUT2D eigenvalue weighted by molar-refractivity contribution is 0.0811. The van der Waals surface area contributed by atoms with E-state index in [0.717, 1.165) is 34.9 Å². The standard InChI is InChI=1S/C33H37N3O5S/c1-25-29-18-8-9-19-30(29)36(21-11-16-26-12-4-2-5-13-26)31(25)32(37)34-42(39,40)24-28-17-10-20-35(22-28)33(38)41-23-27-14-6-3-7-15-27/h2-9,12-15,18-19,28H,10-11,16-17,20-24H2,1H3,(H,34,37). The van der Waals surface area contributed by atoms with Crippen molar-refractivity contribution in [3.63, 3.8) is 0 Å². The number of benzene rings is 3. The fraction of sp³-hybridized carbons (Fsp3) is 0.333. The molecule has 1 saturated heterocycles. The molecule has 0 spiro atoms. The van der Waals surface area contributed by atoms with Crippen LogP contribution < -0.4 is 4.72 Å². The highest BCUT2D eigenvalue weighted by atomic mass is 32.2. The number of fused-ring (bicyclic) bond motifs is 1. The van der Waals surface area contributed by atoms with Crippen LogP contribution in [0.5, 0.6) is 0 Å². The maximum atomic E-state index is 13.5. The first kappa shape index (κ1) is 29.4. The summed E-state index contributed by atoms with van der Waals surface area (Å²) in [5.41, 5.74) is 4.12. The number of rotatable bonds is 10. The van der Waals surface area contributed by atoms with Crippen molar-refractivity contribution >= 4 is 32.9 Å². The van der Waals surface area contributed by atoms with Gasteiger partial charge in [0.2, 0.25) is 10.0 Å². The molecular formula is C33H37N3O5S. The van der Waals surface area contributed by atoms with E-state index in [1.165, 1.54) is 5.56 Å². The number of aryl methyl sites for hydroxylation is 3. The van der Waals surface area contributed by atoms with Crippen LogP contribution in [0, 0.1) is 12.8 Å². The predicted molar refractivity (Wildman–Crippen MR) is 164 cm³/mol. The summed E-state index contributed by atoms with van der Waals surface area (Å²) in [5, 5.41) is 0.927. The van der Waals surface area contributed by atoms with Crippen LogP contribution in [0.4, 0.5) is 4.79 Å². The number of nitrogens with zero attached hydrogens (tertiary/aromatic N) is 2. The van der Waals surface area contributed by atoms with E-state index < -0.39 is 22.0 Å². The van der Waals surface area contributed by atoms with Gasteiger partial charge in [-0.15, -0.1) is 0 Å². The lowest BCUT2D eigenvalue weighted by atomic mass is 10.0. The molecule has 0 bridgehead atoms. The van der Waals surface area contributed by atoms with Gasteiger partial charge in [-0.05, 0) is 61.3 Å². The number of hydrogen-bond acceptors (Lipinski definition) is 5. The number of para-hydroxylation sites is 1. The molecule has 1 aliphatic rings. The average molecular weight is 588 g/mol. The second kappa shape index (κ2) is 13.2. The van der Waals surface area contributed by atoms with Crippen molar-refractivity contribution in [3.8, 4) is 0 Å². The maximum absolute atomic E-state index is 13.5. The zero-order chi connectivity index (χ0) is 29.5. The van der Waals surface area contributed by atoms with Gasteiger partial charge in [-0.2, -0.15) is 0 Å². The molecule has 0 aliphatic carbocycles. The normalized spacial score (nSPS) is 15.5. The Morgan fingerprint density at radius 2 is 1.60 bits per heavy atom. The van der Waals surface area contributed by atoms with Crippen LogP contribution in [-0.2, 0) is 34.3 Å². The van der Waals surface area contributed by atoms with Crippen LogP contribution in [0.2, 0.25) is 0 Å². The number of carbonyl (C=O) groups is 2. The zero-order valence-electron chi connectivity index (χ0n) is 23.9. The molecule has 1 atom stereocenters. The molecule has 1 N–H and O–H groups in total. The smallest absolute Gasteiger partial charge is 0.410 e. The van der Waals surface area contributed by atoms with E-state index in [4.69, 9.17) is 4.74 Å². The minimum absolute atomic E-state index is 0.161. The summed E-state index contributed by atoms with van der Waals surface area (Å²) in [4.78, 5) is 27.8. The molecule has 2 amide bonds. The number of carbonyl (C=O) groups excluding carboxylic acids is 2. The molecule has 2 heterocycles. The van der Waals surface area contributed by atoms with Crippen LogP contribution in [0.25, 0.3) is 10.9 Å². The Hall–Kier alpha value is -4.11. The van der Waals surface area contributed by atoms with Crippen LogP contribution in [0.1, 0.15) is 46.4 Å². The molecular weight excluding hydrogens is 550 g/mol. The van der Waals surface area contributed by atoms with E-state index >= 15 is 0 Å². The molecule has 0 saturated carbocycles. The topological polar surface area (TPSA) is 97.7 Å². The van der Waals surface area contributed by atoms with Crippen molar-refractivity contribution in [2.45, 2.75) is 45.8 Å². The van der Waals surface area contributed by atoms with Crippen LogP contribution in [0.3, 0.4) is 0 Å². The molecule has 9 heteroatoms. The third kappa shape index (κ3) is 7.20. The number of sulfonamides is 1. The van der Waals surface area contributed by atoms with E-state index in [0.29, 0.717) is 31.6 Å². The molecule has 5 rings (SSSR count). The predicted octanol–water partition coefficient (Wildman–Crippen LogP) is 5.69. The first-order valence-electron chi connectivity index (χ1n) is 14.4. The van der Waals surface area contributed by atoms with Crippen molar-refractivity contribution in [2.24, 2.45) is 5.92 Å². The van der Waals surface area contributed by atoms with Crippen molar-refractivity contribution in [1.29, 1.82) is 0 Å². The summed E-state index contributed by atoms with van der Waals surface area (Å²) < 4.78 is 36.2. The number of piperidine rings is 1. The Morgan fingerprint density at radius 3 is 2.33 bits per heavy atom. The Bertz CT molecular complexity index is 1630. The number of nitrogens with one attached hydrogen (secondary N) is 1. The third-order valence-electron chi connectivity index (χ3n) is 7.81. The molecule has 1 fully saturated rings. The van der Waals surface area contributed by atoms with Crippen LogP contribution in [-0.4, -0.2) is 48.7 Å². The molecule has 1 unspecified atom stereocenters. The highest BCUT2D eigenvalue weighted by Crippen LogP contribution is 2.27. The lowest BCUT2D eigenvalue weighted by Crippen LogP contribution is -2.44. The van der Waals surface area contributed by atoms with Gasteiger partial charge in [0.05, 0.1) is 5.75 Å². The second-order valence-electron chi connectivity index (χ2n) is 10.9. The summed E-state index contributed by atoms with van der Waals surface area (Å²) >= 11 is 0. The van der Waals surface area contributed by atoms with E-state index in [-0.39, 0.29) is 24.8 Å². The number of amides is 2. The minimum atomic E-state index is -3.96. The molecule has 3 aromatic carbocycles. The zero-order valence-corrected chi connectivity index (χ0v) is 24.7. The van der Waals surface area contributed by atoms with Gasteiger partial charge in [-0.1, -0.05) is 78.9 Å². The maximum Gasteiger partial charge on any atom is 0.410 e. The molecule has 1 aliphatic heterocycles. The molecule has 1 aromatic heterocycles. The summed E-state index contributed by atoms with van der Waals surface area (Å²) in [7, 11) is -3.96. The number of likely N-dealkylation sites (tertiary alicyclic amines) is 1. The number of aromatic nitrogens is 1. The molecule has 42 heavy (non-hydrogen) atoms. The molecule has 0 radical (unpaired) electrons. The van der Waals surface area contributed by atoms with Crippen molar-refractivity contribution in [3.05, 3.63) is 107 Å². The second-order valence-corrected chi connectivity index (χ2v) is 12.7. The Kier molecular flexibility index (Phi) is 9.27. The Morgan fingerprint density at radius 1 is 0.929 bits per heavy atom. The quantitative estimate of drug-likeness (QED) is 0.257. The average Bonchev–Trinajstić information content (AvgIpc) is 3.28. The largest absolute Gasteiger partial charge is 0.445 e. The Labute approximate surface area is 247 Å². The fourth-order valence-corrected chi connectivity index (χ4v) is 7.16. The first-order chi connectivity index (χ1) is 20.3. The SMILES string of the molecule is Cc1c(C(=O)NS(=O)(=O)CC2CCCN(C(=O)OCc3ccccc3)C2)n(CCCc2ccccc2)c2ccccc12. The van der Waals surface area contributed by atoms with Gasteiger partial charge in [-0.3, -0.25) is 4.79 Å². The first-order valence-corrected chi connectivity index (χ1v) is 16.1. The van der Waals surface area contributed by atoms with Crippen molar-refractivity contribution in [1.82, 2.24) is 14.2 Å². The summed E-state index contributed by atoms with van der Waals surface area (Å²) in [6.07, 6.45) is 2.51. The van der Waals surface area contributed by atoms with Gasteiger partial charge in [0.25, 0.3) is 5.91 Å². The Balaban J connectivity index is 1.24. The number of ether oxygens (including phenoxy) is 1. The highest BCUT2D eigenvalue weighted by molar-refractivity contribution is 7.90.